The topological polar surface area (TPSA) is 155 Å². The number of hydrogen-bond donors (Lipinski definition) is 7. The van der Waals surface area contributed by atoms with Crippen LogP contribution in [0.25, 0.3) is 10.8 Å². The molecule has 158 valence electrons. The molecule has 3 rings (SSSR count). The Kier molecular flexibility index (Phi) is 6.73. The van der Waals surface area contributed by atoms with Gasteiger partial charge in [-0.15, -0.1) is 0 Å². The van der Waals surface area contributed by atoms with E-state index in [2.05, 4.69) is 15.6 Å². The minimum Gasteiger partial charge on any atom is -0.494 e. The van der Waals surface area contributed by atoms with Crippen LogP contribution in [0.3, 0.4) is 0 Å². The normalized spacial score (nSPS) is 21.9. The third-order valence-corrected chi connectivity index (χ3v) is 5.32. The number of piperidine rings is 1. The number of carbonyl (C=O) groups is 1. The van der Waals surface area contributed by atoms with Gasteiger partial charge in [-0.1, -0.05) is 18.6 Å². The number of carboxylic acid groups (broad SMARTS) is 1. The number of aliphatic hydroxyl groups is 2. The van der Waals surface area contributed by atoms with Crippen LogP contribution in [0.1, 0.15) is 50.0 Å². The van der Waals surface area contributed by atoms with E-state index in [0.29, 0.717) is 60.7 Å². The van der Waals surface area contributed by atoms with E-state index in [4.69, 9.17) is 5.11 Å². The lowest BCUT2D eigenvalue weighted by atomic mass is 9.86. The van der Waals surface area contributed by atoms with Crippen molar-refractivity contribution < 1.29 is 25.2 Å². The molecule has 1 fully saturated rings. The fourth-order valence-corrected chi connectivity index (χ4v) is 3.88. The monoisotopic (exact) mass is 405 g/mol. The zero-order chi connectivity index (χ0) is 21.0. The second-order valence-corrected chi connectivity index (χ2v) is 7.39. The number of pyridine rings is 1. The molecule has 0 bridgehead atoms. The quantitative estimate of drug-likeness (QED) is 0.325. The molecule has 1 aromatic carbocycles. The fourth-order valence-electron chi connectivity index (χ4n) is 3.88. The molecule has 3 atom stereocenters. The summed E-state index contributed by atoms with van der Waals surface area (Å²) in [4.78, 5) is 25.6. The van der Waals surface area contributed by atoms with E-state index >= 15 is 0 Å². The molecule has 0 saturated carbocycles. The second-order valence-electron chi connectivity index (χ2n) is 7.39. The number of carboxylic acids is 1. The largest absolute Gasteiger partial charge is 0.494 e. The Balaban J connectivity index is 1.88. The highest BCUT2D eigenvalue weighted by molar-refractivity contribution is 5.99. The number of unbranched alkanes of at least 4 members (excludes halogenated alkanes) is 2. The number of rotatable bonds is 8. The Morgan fingerprint density at radius 2 is 1.97 bits per heavy atom. The lowest BCUT2D eigenvalue weighted by Crippen LogP contribution is -2.46. The molecule has 0 spiro atoms. The van der Waals surface area contributed by atoms with Crippen LogP contribution in [0.5, 0.6) is 5.88 Å². The maximum Gasteiger partial charge on any atom is 0.303 e. The number of benzene rings is 1. The predicted molar refractivity (Wildman–Crippen MR) is 108 cm³/mol. The van der Waals surface area contributed by atoms with Crippen LogP contribution < -0.4 is 16.2 Å². The van der Waals surface area contributed by atoms with Gasteiger partial charge in [0.25, 0.3) is 5.56 Å². The molecule has 2 aromatic rings. The first kappa shape index (κ1) is 21.1. The average Bonchev–Trinajstić information content (AvgIpc) is 2.66. The Bertz CT molecular complexity index is 928. The zero-order valence-corrected chi connectivity index (χ0v) is 16.0. The van der Waals surface area contributed by atoms with Gasteiger partial charge >= 0.3 is 5.97 Å². The van der Waals surface area contributed by atoms with Crippen LogP contribution in [-0.2, 0) is 4.79 Å². The van der Waals surface area contributed by atoms with Crippen LogP contribution in [0, 0.1) is 0 Å². The van der Waals surface area contributed by atoms with Crippen LogP contribution in [0.4, 0.5) is 5.69 Å². The molecule has 1 aromatic heterocycles. The van der Waals surface area contributed by atoms with Crippen molar-refractivity contribution in [2.45, 2.75) is 56.9 Å². The Morgan fingerprint density at radius 3 is 2.69 bits per heavy atom. The van der Waals surface area contributed by atoms with Gasteiger partial charge in [0, 0.05) is 29.7 Å². The second kappa shape index (κ2) is 9.25. The number of anilines is 1. The molecule has 7 N–H and O–H groups in total. The number of aliphatic hydroxyl groups excluding tert-OH is 2. The number of nitrogens with one attached hydrogen (secondary N) is 3. The van der Waals surface area contributed by atoms with E-state index in [0.717, 1.165) is 0 Å². The van der Waals surface area contributed by atoms with Crippen molar-refractivity contribution in [2.24, 2.45) is 0 Å². The van der Waals surface area contributed by atoms with E-state index in [1.807, 2.05) is 6.07 Å². The Hall–Kier alpha value is -2.62. The summed E-state index contributed by atoms with van der Waals surface area (Å²) < 4.78 is 0. The highest BCUT2D eigenvalue weighted by Gasteiger charge is 2.30. The van der Waals surface area contributed by atoms with Gasteiger partial charge < -0.3 is 25.7 Å². The first-order valence-electron chi connectivity index (χ1n) is 9.84. The van der Waals surface area contributed by atoms with E-state index in [1.54, 1.807) is 12.1 Å². The molecule has 9 nitrogen and oxygen atoms in total. The van der Waals surface area contributed by atoms with E-state index < -0.39 is 24.0 Å². The number of hydrogen-bond acceptors (Lipinski definition) is 7. The van der Waals surface area contributed by atoms with Crippen molar-refractivity contribution in [1.29, 1.82) is 0 Å². The van der Waals surface area contributed by atoms with Crippen LogP contribution in [0.2, 0.25) is 0 Å². The summed E-state index contributed by atoms with van der Waals surface area (Å²) in [6.45, 7) is 0.473. The lowest BCUT2D eigenvalue weighted by molar-refractivity contribution is -0.137. The van der Waals surface area contributed by atoms with Crippen LogP contribution in [-0.4, -0.2) is 50.4 Å². The van der Waals surface area contributed by atoms with Crippen molar-refractivity contribution in [2.75, 3.05) is 11.9 Å². The van der Waals surface area contributed by atoms with Gasteiger partial charge in [0.2, 0.25) is 0 Å². The van der Waals surface area contributed by atoms with Crippen molar-refractivity contribution in [1.82, 2.24) is 10.3 Å². The SMILES string of the molecule is O=C(O)CCCCCNc1c(=O)[nH]c(O)c2cccc(C3CCC(O)NC3O)c12. The molecule has 0 amide bonds. The smallest absolute Gasteiger partial charge is 0.303 e. The molecule has 1 aliphatic rings. The van der Waals surface area contributed by atoms with Gasteiger partial charge in [-0.05, 0) is 37.3 Å². The maximum atomic E-state index is 12.6. The molecule has 2 heterocycles. The van der Waals surface area contributed by atoms with E-state index in [1.165, 1.54) is 0 Å². The van der Waals surface area contributed by atoms with Crippen LogP contribution in [0.15, 0.2) is 23.0 Å². The van der Waals surface area contributed by atoms with E-state index in [-0.39, 0.29) is 18.2 Å². The summed E-state index contributed by atoms with van der Waals surface area (Å²) in [6, 6.07) is 5.26. The minimum atomic E-state index is -0.977. The minimum absolute atomic E-state index is 0.116. The van der Waals surface area contributed by atoms with E-state index in [9.17, 15) is 24.9 Å². The summed E-state index contributed by atoms with van der Waals surface area (Å²) in [5, 5.41) is 45.9. The molecule has 0 radical (unpaired) electrons. The fraction of sp³-hybridized carbons (Fsp3) is 0.500. The zero-order valence-electron chi connectivity index (χ0n) is 16.0. The van der Waals surface area contributed by atoms with Gasteiger partial charge in [0.05, 0.1) is 0 Å². The van der Waals surface area contributed by atoms with Crippen molar-refractivity contribution in [3.05, 3.63) is 34.1 Å². The summed E-state index contributed by atoms with van der Waals surface area (Å²) in [5.41, 5.74) is 0.556. The van der Waals surface area contributed by atoms with Gasteiger partial charge in [-0.2, -0.15) is 0 Å². The van der Waals surface area contributed by atoms with Crippen LogP contribution >= 0.6 is 0 Å². The van der Waals surface area contributed by atoms with Crippen molar-refractivity contribution in [3.63, 3.8) is 0 Å². The van der Waals surface area contributed by atoms with Gasteiger partial charge in [-0.25, -0.2) is 0 Å². The third kappa shape index (κ3) is 4.87. The highest BCUT2D eigenvalue weighted by Crippen LogP contribution is 2.37. The Labute approximate surface area is 167 Å². The molecular formula is C20H27N3O6. The average molecular weight is 405 g/mol. The molecule has 0 aliphatic carbocycles. The molecule has 29 heavy (non-hydrogen) atoms. The number of aromatic nitrogens is 1. The number of aliphatic carboxylic acids is 1. The standard InChI is InChI=1S/C20H27N3O6/c24-14-9-8-12(18(27)22-14)11-5-4-6-13-16(11)17(20(29)23-19(13)28)21-10-3-1-2-7-15(25)26/h4-6,12,14,18,21-22,24,27H,1-3,7-10H2,(H,25,26)(H2,23,28,29). The number of aromatic hydroxyl groups is 1. The number of fused-ring (bicyclic) bond motifs is 1. The summed E-state index contributed by atoms with van der Waals surface area (Å²) in [7, 11) is 0. The van der Waals surface area contributed by atoms with Gasteiger partial charge in [0.1, 0.15) is 18.1 Å². The molecule has 3 unspecified atom stereocenters. The number of H-pyrrole nitrogens is 1. The summed E-state index contributed by atoms with van der Waals surface area (Å²) >= 11 is 0. The van der Waals surface area contributed by atoms with Crippen molar-refractivity contribution in [3.8, 4) is 5.88 Å². The molecule has 1 aliphatic heterocycles. The molecule has 9 heteroatoms. The Morgan fingerprint density at radius 1 is 1.17 bits per heavy atom. The maximum absolute atomic E-state index is 12.6. The first-order valence-corrected chi connectivity index (χ1v) is 9.84. The first-order chi connectivity index (χ1) is 13.9. The summed E-state index contributed by atoms with van der Waals surface area (Å²) in [5.74, 6) is -1.41. The summed E-state index contributed by atoms with van der Waals surface area (Å²) in [6.07, 6.45) is 1.31. The van der Waals surface area contributed by atoms with Crippen molar-refractivity contribution >= 4 is 22.4 Å². The van der Waals surface area contributed by atoms with Gasteiger partial charge in [-0.3, -0.25) is 19.9 Å². The number of aromatic amines is 1. The predicted octanol–water partition coefficient (Wildman–Crippen LogP) is 1.39. The van der Waals surface area contributed by atoms with Gasteiger partial charge in [0.15, 0.2) is 5.88 Å². The third-order valence-electron chi connectivity index (χ3n) is 5.32. The molecular weight excluding hydrogens is 378 g/mol. The highest BCUT2D eigenvalue weighted by atomic mass is 16.4. The molecule has 1 saturated heterocycles. The lowest BCUT2D eigenvalue weighted by Gasteiger charge is -2.33.